The molecule has 1 aromatic rings. The fourth-order valence-electron chi connectivity index (χ4n) is 1.57. The number of nitrogens with two attached hydrogens (primary N) is 1. The molecule has 22 heavy (non-hydrogen) atoms. The monoisotopic (exact) mass is 348 g/mol. The lowest BCUT2D eigenvalue weighted by atomic mass is 10.2. The zero-order valence-electron chi connectivity index (χ0n) is 12.2. The van der Waals surface area contributed by atoms with Gasteiger partial charge in [-0.05, 0) is 37.1 Å². The largest absolute Gasteiger partial charge is 0.355 e. The van der Waals surface area contributed by atoms with Gasteiger partial charge >= 0.3 is 6.03 Å². The van der Waals surface area contributed by atoms with E-state index in [1.54, 1.807) is 12.1 Å². The van der Waals surface area contributed by atoms with Gasteiger partial charge in [-0.1, -0.05) is 23.7 Å². The molecule has 6 nitrogen and oxygen atoms in total. The molecule has 0 aliphatic heterocycles. The van der Waals surface area contributed by atoms with Gasteiger partial charge < -0.3 is 21.7 Å². The van der Waals surface area contributed by atoms with E-state index < -0.39 is 0 Å². The number of amides is 3. The van der Waals surface area contributed by atoms with Crippen LogP contribution in [0.3, 0.4) is 0 Å². The highest BCUT2D eigenvalue weighted by Gasteiger charge is 2.04. The summed E-state index contributed by atoms with van der Waals surface area (Å²) >= 11 is 5.77. The van der Waals surface area contributed by atoms with Gasteiger partial charge in [0.05, 0.1) is 6.54 Å². The maximum atomic E-state index is 11.5. The minimum atomic E-state index is -0.387. The second-order valence-corrected chi connectivity index (χ2v) is 4.94. The lowest BCUT2D eigenvalue weighted by Gasteiger charge is -2.08. The van der Waals surface area contributed by atoms with E-state index >= 15 is 0 Å². The predicted molar refractivity (Wildman–Crippen MR) is 90.2 cm³/mol. The summed E-state index contributed by atoms with van der Waals surface area (Å²) in [6.45, 7) is 1.52. The molecule has 0 aromatic heterocycles. The maximum absolute atomic E-state index is 11.5. The van der Waals surface area contributed by atoms with Crippen LogP contribution in [0.1, 0.15) is 18.4 Å². The van der Waals surface area contributed by atoms with E-state index in [9.17, 15) is 9.59 Å². The van der Waals surface area contributed by atoms with E-state index in [0.717, 1.165) is 18.4 Å². The minimum Gasteiger partial charge on any atom is -0.355 e. The number of carbonyl (C=O) groups excluding carboxylic acids is 2. The quantitative estimate of drug-likeness (QED) is 0.535. The Balaban J connectivity index is 0.00000441. The molecule has 0 bridgehead atoms. The average molecular weight is 349 g/mol. The summed E-state index contributed by atoms with van der Waals surface area (Å²) in [4.78, 5) is 22.9. The summed E-state index contributed by atoms with van der Waals surface area (Å²) in [5.74, 6) is -0.214. The number of nitrogens with one attached hydrogen (secondary N) is 3. The van der Waals surface area contributed by atoms with Gasteiger partial charge in [0.1, 0.15) is 0 Å². The third kappa shape index (κ3) is 9.44. The molecule has 3 amide bonds. The number of urea groups is 1. The fraction of sp³-hybridized carbons (Fsp3) is 0.429. The summed E-state index contributed by atoms with van der Waals surface area (Å²) in [7, 11) is 0. The zero-order chi connectivity index (χ0) is 15.5. The fourth-order valence-corrected chi connectivity index (χ4v) is 1.69. The minimum absolute atomic E-state index is 0. The van der Waals surface area contributed by atoms with Crippen LogP contribution in [0.25, 0.3) is 0 Å². The van der Waals surface area contributed by atoms with E-state index in [-0.39, 0.29) is 30.9 Å². The lowest BCUT2D eigenvalue weighted by Crippen LogP contribution is -2.42. The molecule has 1 rings (SSSR count). The first-order valence-electron chi connectivity index (χ1n) is 6.84. The lowest BCUT2D eigenvalue weighted by molar-refractivity contribution is -0.120. The first-order chi connectivity index (χ1) is 10.1. The molecule has 5 N–H and O–H groups in total. The molecule has 0 aliphatic rings. The summed E-state index contributed by atoms with van der Waals surface area (Å²) in [6, 6.07) is 6.78. The van der Waals surface area contributed by atoms with Crippen LogP contribution in [0.2, 0.25) is 5.02 Å². The van der Waals surface area contributed by atoms with Crippen molar-refractivity contribution >= 4 is 35.9 Å². The Morgan fingerprint density at radius 3 is 2.36 bits per heavy atom. The molecule has 0 unspecified atom stereocenters. The Labute approximate surface area is 141 Å². The van der Waals surface area contributed by atoms with E-state index in [1.807, 2.05) is 12.1 Å². The van der Waals surface area contributed by atoms with Gasteiger partial charge in [0.15, 0.2) is 0 Å². The van der Waals surface area contributed by atoms with E-state index in [0.29, 0.717) is 24.7 Å². The van der Waals surface area contributed by atoms with Crippen molar-refractivity contribution < 1.29 is 9.59 Å². The van der Waals surface area contributed by atoms with E-state index in [4.69, 9.17) is 17.3 Å². The van der Waals surface area contributed by atoms with Crippen molar-refractivity contribution in [1.29, 1.82) is 0 Å². The third-order valence-electron chi connectivity index (χ3n) is 2.73. The van der Waals surface area contributed by atoms with Crippen molar-refractivity contribution in [1.82, 2.24) is 16.0 Å². The van der Waals surface area contributed by atoms with Crippen molar-refractivity contribution in [2.75, 3.05) is 19.6 Å². The SMILES string of the molecule is Cl.NCCCCNC(=O)CNC(=O)NCc1ccc(Cl)cc1. The number of rotatable bonds is 8. The number of carbonyl (C=O) groups is 2. The highest BCUT2D eigenvalue weighted by atomic mass is 35.5. The number of halogens is 2. The van der Waals surface area contributed by atoms with Crippen LogP contribution in [0.4, 0.5) is 4.79 Å². The molecule has 8 heteroatoms. The predicted octanol–water partition coefficient (Wildman–Crippen LogP) is 1.42. The first kappa shape index (κ1) is 20.5. The van der Waals surface area contributed by atoms with Gasteiger partial charge in [-0.2, -0.15) is 0 Å². The van der Waals surface area contributed by atoms with Gasteiger partial charge in [-0.15, -0.1) is 12.4 Å². The number of hydrogen-bond acceptors (Lipinski definition) is 3. The van der Waals surface area contributed by atoms with Crippen molar-refractivity contribution in [3.05, 3.63) is 34.9 Å². The van der Waals surface area contributed by atoms with Crippen molar-refractivity contribution in [2.24, 2.45) is 5.73 Å². The molecule has 0 radical (unpaired) electrons. The van der Waals surface area contributed by atoms with Crippen molar-refractivity contribution in [3.63, 3.8) is 0 Å². The van der Waals surface area contributed by atoms with Crippen LogP contribution in [-0.2, 0) is 11.3 Å². The molecule has 0 saturated heterocycles. The van der Waals surface area contributed by atoms with Crippen LogP contribution in [0.15, 0.2) is 24.3 Å². The highest BCUT2D eigenvalue weighted by molar-refractivity contribution is 6.30. The normalized spacial score (nSPS) is 9.55. The summed E-state index contributed by atoms with van der Waals surface area (Å²) in [5, 5.41) is 8.50. The Morgan fingerprint density at radius 2 is 1.73 bits per heavy atom. The molecule has 0 atom stereocenters. The van der Waals surface area contributed by atoms with Crippen LogP contribution in [0.5, 0.6) is 0 Å². The second-order valence-electron chi connectivity index (χ2n) is 4.51. The molecule has 124 valence electrons. The summed E-state index contributed by atoms with van der Waals surface area (Å²) in [5.41, 5.74) is 6.28. The van der Waals surface area contributed by atoms with Gasteiger partial charge in [0, 0.05) is 18.1 Å². The van der Waals surface area contributed by atoms with Crippen molar-refractivity contribution in [3.8, 4) is 0 Å². The Morgan fingerprint density at radius 1 is 1.05 bits per heavy atom. The van der Waals surface area contributed by atoms with Crippen LogP contribution in [-0.4, -0.2) is 31.6 Å². The molecule has 0 fully saturated rings. The van der Waals surface area contributed by atoms with Crippen LogP contribution < -0.4 is 21.7 Å². The van der Waals surface area contributed by atoms with Gasteiger partial charge in [0.25, 0.3) is 0 Å². The summed E-state index contributed by atoms with van der Waals surface area (Å²) in [6.07, 6.45) is 1.71. The average Bonchev–Trinajstić information content (AvgIpc) is 2.49. The molecule has 0 aliphatic carbocycles. The third-order valence-corrected chi connectivity index (χ3v) is 2.98. The topological polar surface area (TPSA) is 96.2 Å². The molecule has 0 spiro atoms. The van der Waals surface area contributed by atoms with Crippen LogP contribution in [0, 0.1) is 0 Å². The smallest absolute Gasteiger partial charge is 0.315 e. The van der Waals surface area contributed by atoms with Gasteiger partial charge in [0.2, 0.25) is 5.91 Å². The maximum Gasteiger partial charge on any atom is 0.315 e. The standard InChI is InChI=1S/C14H21ClN4O2.ClH/c15-12-5-3-11(4-6-12)9-18-14(21)19-10-13(20)17-8-2-1-7-16;/h3-6H,1-2,7-10,16H2,(H,17,20)(H2,18,19,21);1H. The number of unbranched alkanes of at least 4 members (excludes halogenated alkanes) is 1. The van der Waals surface area contributed by atoms with Gasteiger partial charge in [-0.25, -0.2) is 4.79 Å². The first-order valence-corrected chi connectivity index (χ1v) is 7.22. The molecule has 0 saturated carbocycles. The number of hydrogen-bond donors (Lipinski definition) is 4. The Kier molecular flexibility index (Phi) is 11.3. The molecular weight excluding hydrogens is 327 g/mol. The van der Waals surface area contributed by atoms with Crippen LogP contribution >= 0.6 is 24.0 Å². The molecule has 0 heterocycles. The second kappa shape index (κ2) is 12.1. The Hall–Kier alpha value is -1.50. The molecule has 1 aromatic carbocycles. The summed E-state index contributed by atoms with van der Waals surface area (Å²) < 4.78 is 0. The van der Waals surface area contributed by atoms with Crippen molar-refractivity contribution in [2.45, 2.75) is 19.4 Å². The molecular formula is C14H22Cl2N4O2. The van der Waals surface area contributed by atoms with E-state index in [1.165, 1.54) is 0 Å². The van der Waals surface area contributed by atoms with E-state index in [2.05, 4.69) is 16.0 Å². The number of benzene rings is 1. The van der Waals surface area contributed by atoms with Gasteiger partial charge in [-0.3, -0.25) is 4.79 Å². The zero-order valence-corrected chi connectivity index (χ0v) is 13.8. The highest BCUT2D eigenvalue weighted by Crippen LogP contribution is 2.08. The Bertz CT molecular complexity index is 455.